The summed E-state index contributed by atoms with van der Waals surface area (Å²) in [5.74, 6) is 4.18. The molecule has 0 aliphatic carbocycles. The Balaban J connectivity index is 2.95. The van der Waals surface area contributed by atoms with E-state index in [1.807, 2.05) is 17.8 Å². The average Bonchev–Trinajstić information content (AvgIpc) is 1.98. The number of hydrogen-bond donors (Lipinski definition) is 0. The Morgan fingerprint density at radius 3 is 2.80 bits per heavy atom. The summed E-state index contributed by atoms with van der Waals surface area (Å²) in [4.78, 5) is 0. The highest BCUT2D eigenvalue weighted by molar-refractivity contribution is 8.01. The van der Waals surface area contributed by atoms with Crippen molar-refractivity contribution in [2.24, 2.45) is 5.92 Å². The monoisotopic (exact) mass is 157 g/mol. The van der Waals surface area contributed by atoms with Gasteiger partial charge in [0.1, 0.15) is 0 Å². The first kappa shape index (κ1) is 10.1. The summed E-state index contributed by atoms with van der Waals surface area (Å²) in [6, 6.07) is 0. The molecule has 0 bridgehead atoms. The minimum Gasteiger partial charge on any atom is -0.157 e. The normalized spacial score (nSPS) is 13.0. The van der Waals surface area contributed by atoms with Crippen LogP contribution < -0.4 is 0 Å². The number of thioether (sulfide) groups is 1. The third kappa shape index (κ3) is 6.21. The summed E-state index contributed by atoms with van der Waals surface area (Å²) in [6.07, 6.45) is 4.45. The number of hydrogen-bond acceptors (Lipinski definition) is 1. The zero-order chi connectivity index (χ0) is 7.82. The molecule has 0 aromatic rings. The van der Waals surface area contributed by atoms with E-state index in [9.17, 15) is 0 Å². The molecular weight excluding hydrogens is 140 g/mol. The third-order valence-corrected chi connectivity index (χ3v) is 2.42. The van der Waals surface area contributed by atoms with Gasteiger partial charge in [0.15, 0.2) is 0 Å². The van der Waals surface area contributed by atoms with Crippen LogP contribution in [0.5, 0.6) is 0 Å². The zero-order valence-electron chi connectivity index (χ0n) is 6.97. The summed E-state index contributed by atoms with van der Waals surface area (Å²) in [7, 11) is 0. The van der Waals surface area contributed by atoms with Gasteiger partial charge in [-0.25, -0.2) is 0 Å². The maximum atomic E-state index is 3.74. The van der Waals surface area contributed by atoms with Gasteiger partial charge >= 0.3 is 0 Å². The Morgan fingerprint density at radius 2 is 2.30 bits per heavy atom. The Kier molecular flexibility index (Phi) is 7.26. The fraction of sp³-hybridized carbons (Fsp3) is 0.667. The van der Waals surface area contributed by atoms with E-state index in [0.29, 0.717) is 5.92 Å². The van der Waals surface area contributed by atoms with Crippen molar-refractivity contribution >= 4 is 11.8 Å². The van der Waals surface area contributed by atoms with Crippen molar-refractivity contribution in [3.8, 4) is 0 Å². The van der Waals surface area contributed by atoms with Gasteiger partial charge in [-0.15, -0.1) is 6.58 Å². The first-order chi connectivity index (χ1) is 4.81. The summed E-state index contributed by atoms with van der Waals surface area (Å²) in [6.45, 7) is 8.12. The van der Waals surface area contributed by atoms with E-state index in [1.54, 1.807) is 0 Å². The molecule has 1 heteroatoms. The molecule has 0 aliphatic rings. The Hall–Kier alpha value is 0.0900. The molecule has 1 unspecified atom stereocenters. The fourth-order valence-corrected chi connectivity index (χ4v) is 1.48. The first-order valence-electron chi connectivity index (χ1n) is 3.87. The maximum absolute atomic E-state index is 3.74. The molecule has 0 spiro atoms. The van der Waals surface area contributed by atoms with E-state index in [4.69, 9.17) is 0 Å². The topological polar surface area (TPSA) is 0 Å². The van der Waals surface area contributed by atoms with Gasteiger partial charge in [0.2, 0.25) is 0 Å². The molecule has 10 heavy (non-hydrogen) atoms. The predicted molar refractivity (Wildman–Crippen MR) is 51.0 cm³/mol. The molecule has 0 aromatic heterocycles. The van der Waals surface area contributed by atoms with Gasteiger partial charge in [0.05, 0.1) is 0 Å². The van der Waals surface area contributed by atoms with E-state index < -0.39 is 0 Å². The second-order valence-corrected chi connectivity index (χ2v) is 3.52. The SMILES string of the molecule is C=CC(C)CCS[CH]CC. The molecule has 0 fully saturated rings. The van der Waals surface area contributed by atoms with Crippen LogP contribution in [-0.4, -0.2) is 5.75 Å². The van der Waals surface area contributed by atoms with Gasteiger partial charge in [0.25, 0.3) is 0 Å². The van der Waals surface area contributed by atoms with Crippen LogP contribution in [0.2, 0.25) is 0 Å². The molecule has 0 amide bonds. The minimum atomic E-state index is 0.678. The molecule has 0 nitrogen and oxygen atoms in total. The highest BCUT2D eigenvalue weighted by Gasteiger charge is 1.94. The number of allylic oxidation sites excluding steroid dienone is 1. The lowest BCUT2D eigenvalue weighted by molar-refractivity contribution is 0.707. The van der Waals surface area contributed by atoms with Crippen LogP contribution in [0, 0.1) is 11.7 Å². The van der Waals surface area contributed by atoms with Gasteiger partial charge in [0, 0.05) is 5.75 Å². The highest BCUT2D eigenvalue weighted by Crippen LogP contribution is 2.13. The van der Waals surface area contributed by atoms with E-state index in [1.165, 1.54) is 18.6 Å². The molecule has 1 atom stereocenters. The van der Waals surface area contributed by atoms with Gasteiger partial charge < -0.3 is 0 Å². The standard InChI is InChI=1S/C9H17S/c1-4-7-10-8-6-9(3)5-2/h5,7,9H,2,4,6,8H2,1,3H3. The molecule has 0 aromatic carbocycles. The largest absolute Gasteiger partial charge is 0.157 e. The molecule has 0 heterocycles. The van der Waals surface area contributed by atoms with Crippen molar-refractivity contribution in [3.63, 3.8) is 0 Å². The second kappa shape index (κ2) is 7.20. The first-order valence-corrected chi connectivity index (χ1v) is 4.92. The summed E-state index contributed by atoms with van der Waals surface area (Å²) >= 11 is 1.92. The third-order valence-electron chi connectivity index (χ3n) is 1.38. The lowest BCUT2D eigenvalue weighted by Gasteiger charge is -2.03. The predicted octanol–water partition coefficient (Wildman–Crippen LogP) is 3.50. The molecule has 0 rings (SSSR count). The van der Waals surface area contributed by atoms with Crippen LogP contribution in [0.4, 0.5) is 0 Å². The van der Waals surface area contributed by atoms with Crippen molar-refractivity contribution in [3.05, 3.63) is 18.4 Å². The van der Waals surface area contributed by atoms with Crippen LogP contribution in [0.15, 0.2) is 12.7 Å². The summed E-state index contributed by atoms with van der Waals surface area (Å²) < 4.78 is 0. The van der Waals surface area contributed by atoms with E-state index >= 15 is 0 Å². The second-order valence-electron chi connectivity index (χ2n) is 2.45. The van der Waals surface area contributed by atoms with Gasteiger partial charge in [-0.2, -0.15) is 11.8 Å². The molecule has 0 aliphatic heterocycles. The molecular formula is C9H17S. The van der Waals surface area contributed by atoms with Crippen molar-refractivity contribution in [2.45, 2.75) is 26.7 Å². The van der Waals surface area contributed by atoms with Crippen molar-refractivity contribution in [2.75, 3.05) is 5.75 Å². The van der Waals surface area contributed by atoms with Crippen LogP contribution in [0.3, 0.4) is 0 Å². The molecule has 59 valence electrons. The Labute approximate surface area is 69.1 Å². The Morgan fingerprint density at radius 1 is 1.60 bits per heavy atom. The summed E-state index contributed by atoms with van der Waals surface area (Å²) in [5, 5.41) is 0. The van der Waals surface area contributed by atoms with Crippen LogP contribution in [0.25, 0.3) is 0 Å². The molecule has 1 radical (unpaired) electrons. The smallest absolute Gasteiger partial charge is 0.0163 e. The van der Waals surface area contributed by atoms with Crippen molar-refractivity contribution in [1.29, 1.82) is 0 Å². The Bertz CT molecular complexity index is 78.8. The van der Waals surface area contributed by atoms with Gasteiger partial charge in [-0.3, -0.25) is 0 Å². The quantitative estimate of drug-likeness (QED) is 0.420. The molecule has 0 saturated carbocycles. The minimum absolute atomic E-state index is 0.678. The summed E-state index contributed by atoms with van der Waals surface area (Å²) in [5.41, 5.74) is 0. The van der Waals surface area contributed by atoms with Crippen LogP contribution in [0.1, 0.15) is 26.7 Å². The van der Waals surface area contributed by atoms with Crippen LogP contribution >= 0.6 is 11.8 Å². The lowest BCUT2D eigenvalue weighted by atomic mass is 10.1. The van der Waals surface area contributed by atoms with Crippen LogP contribution in [-0.2, 0) is 0 Å². The van der Waals surface area contributed by atoms with Crippen molar-refractivity contribution < 1.29 is 0 Å². The molecule has 0 N–H and O–H groups in total. The van der Waals surface area contributed by atoms with Gasteiger partial charge in [-0.05, 0) is 24.5 Å². The van der Waals surface area contributed by atoms with Crippen molar-refractivity contribution in [1.82, 2.24) is 0 Å². The number of rotatable bonds is 6. The van der Waals surface area contributed by atoms with E-state index in [2.05, 4.69) is 26.2 Å². The maximum Gasteiger partial charge on any atom is 0.0163 e. The lowest BCUT2D eigenvalue weighted by Crippen LogP contribution is -1.90. The zero-order valence-corrected chi connectivity index (χ0v) is 7.79. The highest BCUT2D eigenvalue weighted by atomic mass is 32.2. The average molecular weight is 157 g/mol. The molecule has 0 saturated heterocycles. The van der Waals surface area contributed by atoms with E-state index in [0.717, 1.165) is 0 Å². The fourth-order valence-electron chi connectivity index (χ4n) is 0.573. The van der Waals surface area contributed by atoms with Gasteiger partial charge in [-0.1, -0.05) is 19.9 Å². The van der Waals surface area contributed by atoms with E-state index in [-0.39, 0.29) is 0 Å².